The molecule has 4 heteroatoms. The van der Waals surface area contributed by atoms with Gasteiger partial charge in [0, 0.05) is 5.39 Å². The lowest BCUT2D eigenvalue weighted by atomic mass is 10.2. The standard InChI is InChI=1S/C15H21NO3/c1-10(2)9-18-16-11(3)14-8-12-6-5-7-13(17-4)15(12)19-14/h5-8,10-11,16H,9H2,1-4H3. The van der Waals surface area contributed by atoms with E-state index in [1.807, 2.05) is 31.2 Å². The molecule has 19 heavy (non-hydrogen) atoms. The van der Waals surface area contributed by atoms with E-state index < -0.39 is 0 Å². The number of nitrogens with one attached hydrogen (secondary N) is 1. The summed E-state index contributed by atoms with van der Waals surface area (Å²) in [4.78, 5) is 5.42. The molecule has 0 fully saturated rings. The first kappa shape index (κ1) is 13.9. The third kappa shape index (κ3) is 3.28. The summed E-state index contributed by atoms with van der Waals surface area (Å²) >= 11 is 0. The van der Waals surface area contributed by atoms with Crippen molar-refractivity contribution in [2.75, 3.05) is 13.7 Å². The molecule has 1 heterocycles. The van der Waals surface area contributed by atoms with Gasteiger partial charge >= 0.3 is 0 Å². The zero-order valence-electron chi connectivity index (χ0n) is 11.9. The number of hydrogen-bond acceptors (Lipinski definition) is 4. The highest BCUT2D eigenvalue weighted by molar-refractivity contribution is 5.83. The van der Waals surface area contributed by atoms with E-state index in [0.29, 0.717) is 12.5 Å². The van der Waals surface area contributed by atoms with Crippen molar-refractivity contribution >= 4 is 11.0 Å². The quantitative estimate of drug-likeness (QED) is 0.807. The van der Waals surface area contributed by atoms with E-state index >= 15 is 0 Å². The topological polar surface area (TPSA) is 43.6 Å². The molecule has 0 bridgehead atoms. The van der Waals surface area contributed by atoms with Crippen molar-refractivity contribution < 1.29 is 14.0 Å². The molecule has 2 rings (SSSR count). The van der Waals surface area contributed by atoms with Crippen LogP contribution < -0.4 is 10.2 Å². The summed E-state index contributed by atoms with van der Waals surface area (Å²) in [7, 11) is 1.64. The largest absolute Gasteiger partial charge is 0.493 e. The van der Waals surface area contributed by atoms with Gasteiger partial charge < -0.3 is 14.0 Å². The molecule has 104 valence electrons. The normalized spacial score (nSPS) is 13.1. The number of rotatable bonds is 6. The van der Waals surface area contributed by atoms with E-state index in [1.54, 1.807) is 7.11 Å². The summed E-state index contributed by atoms with van der Waals surface area (Å²) in [5.41, 5.74) is 3.77. The van der Waals surface area contributed by atoms with E-state index in [2.05, 4.69) is 19.3 Å². The third-order valence-electron chi connectivity index (χ3n) is 2.85. The van der Waals surface area contributed by atoms with Crippen molar-refractivity contribution in [2.45, 2.75) is 26.8 Å². The van der Waals surface area contributed by atoms with Crippen LogP contribution in [0.5, 0.6) is 5.75 Å². The van der Waals surface area contributed by atoms with Crippen LogP contribution in [0.3, 0.4) is 0 Å². The van der Waals surface area contributed by atoms with E-state index in [1.165, 1.54) is 0 Å². The van der Waals surface area contributed by atoms with Crippen LogP contribution in [0.4, 0.5) is 0 Å². The maximum atomic E-state index is 5.84. The van der Waals surface area contributed by atoms with Crippen molar-refractivity contribution in [1.29, 1.82) is 0 Å². The second kappa shape index (κ2) is 6.08. The summed E-state index contributed by atoms with van der Waals surface area (Å²) < 4.78 is 11.1. The van der Waals surface area contributed by atoms with Gasteiger partial charge in [0.05, 0.1) is 19.8 Å². The maximum absolute atomic E-state index is 5.84. The molecule has 0 aliphatic rings. The number of para-hydroxylation sites is 1. The molecule has 1 aromatic heterocycles. The minimum absolute atomic E-state index is 0.00384. The van der Waals surface area contributed by atoms with Gasteiger partial charge in [-0.05, 0) is 25.0 Å². The van der Waals surface area contributed by atoms with Crippen LogP contribution in [0.2, 0.25) is 0 Å². The number of ether oxygens (including phenoxy) is 1. The SMILES string of the molecule is COc1cccc2cc(C(C)NOCC(C)C)oc12. The van der Waals surface area contributed by atoms with E-state index in [9.17, 15) is 0 Å². The number of methoxy groups -OCH3 is 1. The summed E-state index contributed by atoms with van der Waals surface area (Å²) in [6.45, 7) is 6.90. The lowest BCUT2D eigenvalue weighted by Crippen LogP contribution is -2.21. The van der Waals surface area contributed by atoms with Crippen LogP contribution in [0, 0.1) is 5.92 Å². The highest BCUT2D eigenvalue weighted by atomic mass is 16.6. The molecule has 1 atom stereocenters. The fourth-order valence-corrected chi connectivity index (χ4v) is 1.83. The van der Waals surface area contributed by atoms with Crippen LogP contribution in [-0.4, -0.2) is 13.7 Å². The molecule has 4 nitrogen and oxygen atoms in total. The minimum Gasteiger partial charge on any atom is -0.493 e. The molecule has 0 radical (unpaired) electrons. The van der Waals surface area contributed by atoms with Gasteiger partial charge in [-0.1, -0.05) is 26.0 Å². The Morgan fingerprint density at radius 1 is 1.26 bits per heavy atom. The van der Waals surface area contributed by atoms with Crippen LogP contribution >= 0.6 is 0 Å². The van der Waals surface area contributed by atoms with E-state index in [4.69, 9.17) is 14.0 Å². The number of furan rings is 1. The predicted octanol–water partition coefficient (Wildman–Crippen LogP) is 3.68. The third-order valence-corrected chi connectivity index (χ3v) is 2.85. The minimum atomic E-state index is -0.00384. The summed E-state index contributed by atoms with van der Waals surface area (Å²) in [5, 5.41) is 1.03. The van der Waals surface area contributed by atoms with Crippen LogP contribution in [0.1, 0.15) is 32.6 Å². The monoisotopic (exact) mass is 263 g/mol. The van der Waals surface area contributed by atoms with Gasteiger partial charge in [-0.3, -0.25) is 0 Å². The van der Waals surface area contributed by atoms with Gasteiger partial charge in [-0.2, -0.15) is 5.48 Å². The van der Waals surface area contributed by atoms with Crippen LogP contribution in [-0.2, 0) is 4.84 Å². The first-order valence-corrected chi connectivity index (χ1v) is 6.55. The van der Waals surface area contributed by atoms with Gasteiger partial charge in [-0.15, -0.1) is 0 Å². The molecule has 1 aromatic carbocycles. The molecule has 2 aromatic rings. The van der Waals surface area contributed by atoms with Gasteiger partial charge in [0.15, 0.2) is 11.3 Å². The van der Waals surface area contributed by atoms with Gasteiger partial charge in [0.25, 0.3) is 0 Å². The Balaban J connectivity index is 2.12. The molecular formula is C15H21NO3. The molecule has 1 unspecified atom stereocenters. The fraction of sp³-hybridized carbons (Fsp3) is 0.467. The lowest BCUT2D eigenvalue weighted by molar-refractivity contribution is 0.000249. The zero-order chi connectivity index (χ0) is 13.8. The maximum Gasteiger partial charge on any atom is 0.176 e. The highest BCUT2D eigenvalue weighted by Gasteiger charge is 2.14. The van der Waals surface area contributed by atoms with Crippen molar-refractivity contribution in [2.24, 2.45) is 5.92 Å². The average molecular weight is 263 g/mol. The zero-order valence-corrected chi connectivity index (χ0v) is 11.9. The van der Waals surface area contributed by atoms with E-state index in [0.717, 1.165) is 22.5 Å². The molecular weight excluding hydrogens is 242 g/mol. The first-order chi connectivity index (χ1) is 9.11. The Labute approximate surface area is 113 Å². The van der Waals surface area contributed by atoms with Crippen LogP contribution in [0.15, 0.2) is 28.7 Å². The lowest BCUT2D eigenvalue weighted by Gasteiger charge is -2.12. The number of fused-ring (bicyclic) bond motifs is 1. The van der Waals surface area contributed by atoms with Gasteiger partial charge in [-0.25, -0.2) is 0 Å². The second-order valence-corrected chi connectivity index (χ2v) is 5.07. The smallest absolute Gasteiger partial charge is 0.176 e. The number of hydroxylamine groups is 1. The Morgan fingerprint density at radius 3 is 2.74 bits per heavy atom. The summed E-state index contributed by atoms with van der Waals surface area (Å²) in [6, 6.07) is 7.85. The van der Waals surface area contributed by atoms with Gasteiger partial charge in [0.2, 0.25) is 0 Å². The van der Waals surface area contributed by atoms with Crippen molar-refractivity contribution in [1.82, 2.24) is 5.48 Å². The fourth-order valence-electron chi connectivity index (χ4n) is 1.83. The summed E-state index contributed by atoms with van der Waals surface area (Å²) in [6.07, 6.45) is 0. The van der Waals surface area contributed by atoms with Crippen LogP contribution in [0.25, 0.3) is 11.0 Å². The molecule has 0 saturated carbocycles. The molecule has 0 aliphatic heterocycles. The molecule has 0 aliphatic carbocycles. The van der Waals surface area contributed by atoms with Gasteiger partial charge in [0.1, 0.15) is 5.76 Å². The van der Waals surface area contributed by atoms with E-state index in [-0.39, 0.29) is 6.04 Å². The van der Waals surface area contributed by atoms with Crippen molar-refractivity contribution in [3.8, 4) is 5.75 Å². The Morgan fingerprint density at radius 2 is 2.05 bits per heavy atom. The first-order valence-electron chi connectivity index (χ1n) is 6.55. The summed E-state index contributed by atoms with van der Waals surface area (Å²) in [5.74, 6) is 2.08. The van der Waals surface area contributed by atoms with Crippen molar-refractivity contribution in [3.63, 3.8) is 0 Å². The number of hydrogen-bond donors (Lipinski definition) is 1. The number of benzene rings is 1. The molecule has 0 amide bonds. The second-order valence-electron chi connectivity index (χ2n) is 5.07. The molecule has 1 N–H and O–H groups in total. The molecule has 0 saturated heterocycles. The molecule has 0 spiro atoms. The highest BCUT2D eigenvalue weighted by Crippen LogP contribution is 2.30. The van der Waals surface area contributed by atoms with Crippen molar-refractivity contribution in [3.05, 3.63) is 30.0 Å². The average Bonchev–Trinajstić information content (AvgIpc) is 2.81. The Hall–Kier alpha value is -1.52. The Bertz CT molecular complexity index is 533. The predicted molar refractivity (Wildman–Crippen MR) is 75.1 cm³/mol. The Kier molecular flexibility index (Phi) is 4.45.